The van der Waals surface area contributed by atoms with Gasteiger partial charge in [-0.3, -0.25) is 4.90 Å². The van der Waals surface area contributed by atoms with Gasteiger partial charge in [-0.2, -0.15) is 4.98 Å². The van der Waals surface area contributed by atoms with Crippen molar-refractivity contribution in [1.82, 2.24) is 15.0 Å². The molecule has 22 heavy (non-hydrogen) atoms. The molecule has 7 heteroatoms. The van der Waals surface area contributed by atoms with Crippen molar-refractivity contribution in [1.29, 1.82) is 0 Å². The molecule has 118 valence electrons. The predicted octanol–water partition coefficient (Wildman–Crippen LogP) is 1.93. The largest absolute Gasteiger partial charge is 0.489 e. The number of nitrogens with zero attached hydrogens (tertiary/aromatic N) is 4. The molecule has 6 nitrogen and oxygen atoms in total. The first-order valence-electron chi connectivity index (χ1n) is 7.24. The smallest absolute Gasteiger partial charge is 0.265 e. The minimum Gasteiger partial charge on any atom is -0.489 e. The van der Waals surface area contributed by atoms with E-state index < -0.39 is 0 Å². The summed E-state index contributed by atoms with van der Waals surface area (Å²) in [5, 5.41) is 3.89. The van der Waals surface area contributed by atoms with Crippen LogP contribution in [0.3, 0.4) is 0 Å². The van der Waals surface area contributed by atoms with Crippen molar-refractivity contribution in [2.45, 2.75) is 19.1 Å². The van der Waals surface area contributed by atoms with E-state index in [9.17, 15) is 4.39 Å². The summed E-state index contributed by atoms with van der Waals surface area (Å²) in [4.78, 5) is 8.30. The Balaban J connectivity index is 1.53. The van der Waals surface area contributed by atoms with Crippen molar-refractivity contribution < 1.29 is 13.7 Å². The Morgan fingerprint density at radius 1 is 1.45 bits per heavy atom. The average Bonchev–Trinajstić information content (AvgIpc) is 3.09. The maximum atomic E-state index is 13.2. The molecule has 0 spiro atoms. The number of rotatable bonds is 5. The summed E-state index contributed by atoms with van der Waals surface area (Å²) in [7, 11) is 3.74. The van der Waals surface area contributed by atoms with Crippen LogP contribution in [0.15, 0.2) is 28.8 Å². The highest BCUT2D eigenvalue weighted by Crippen LogP contribution is 2.20. The van der Waals surface area contributed by atoms with Gasteiger partial charge in [-0.15, -0.1) is 0 Å². The van der Waals surface area contributed by atoms with E-state index in [-0.39, 0.29) is 11.9 Å². The summed E-state index contributed by atoms with van der Waals surface area (Å²) in [5.74, 6) is 1.45. The second kappa shape index (κ2) is 6.31. The number of aromatic nitrogens is 2. The van der Waals surface area contributed by atoms with Gasteiger partial charge >= 0.3 is 0 Å². The summed E-state index contributed by atoms with van der Waals surface area (Å²) < 4.78 is 24.2. The summed E-state index contributed by atoms with van der Waals surface area (Å²) in [6.45, 7) is 2.25. The van der Waals surface area contributed by atoms with Gasteiger partial charge in [0.05, 0.1) is 6.54 Å². The summed E-state index contributed by atoms with van der Waals surface area (Å²) in [6, 6.07) is 6.24. The second-order valence-corrected chi connectivity index (χ2v) is 5.60. The zero-order valence-corrected chi connectivity index (χ0v) is 12.7. The van der Waals surface area contributed by atoms with Crippen molar-refractivity contribution >= 4 is 5.95 Å². The molecule has 1 fully saturated rings. The molecule has 2 heterocycles. The van der Waals surface area contributed by atoms with Crippen LogP contribution < -0.4 is 9.64 Å². The quantitative estimate of drug-likeness (QED) is 0.841. The first-order chi connectivity index (χ1) is 10.6. The van der Waals surface area contributed by atoms with Crippen LogP contribution in [0.1, 0.15) is 12.3 Å². The Labute approximate surface area is 128 Å². The Hall–Kier alpha value is -2.15. The van der Waals surface area contributed by atoms with Crippen LogP contribution in [0, 0.1) is 5.82 Å². The maximum absolute atomic E-state index is 13.2. The number of benzene rings is 1. The Morgan fingerprint density at radius 3 is 3.05 bits per heavy atom. The fourth-order valence-electron chi connectivity index (χ4n) is 2.45. The van der Waals surface area contributed by atoms with Crippen molar-refractivity contribution in [2.24, 2.45) is 0 Å². The Bertz CT molecular complexity index is 632. The highest BCUT2D eigenvalue weighted by molar-refractivity contribution is 5.24. The topological polar surface area (TPSA) is 54.6 Å². The lowest BCUT2D eigenvalue weighted by Gasteiger charge is -2.15. The molecule has 1 aromatic carbocycles. The summed E-state index contributed by atoms with van der Waals surface area (Å²) in [5.41, 5.74) is 0. The number of ether oxygens (including phenoxy) is 1. The zero-order chi connectivity index (χ0) is 15.5. The second-order valence-electron chi connectivity index (χ2n) is 5.60. The van der Waals surface area contributed by atoms with Gasteiger partial charge in [0, 0.05) is 33.3 Å². The molecule has 1 atom stereocenters. The normalized spacial score (nSPS) is 18.6. The van der Waals surface area contributed by atoms with Gasteiger partial charge in [-0.05, 0) is 23.7 Å². The minimum atomic E-state index is -0.283. The van der Waals surface area contributed by atoms with Crippen molar-refractivity contribution in [3.63, 3.8) is 0 Å². The molecular formula is C15H19FN4O2. The van der Waals surface area contributed by atoms with E-state index in [1.54, 1.807) is 17.0 Å². The highest BCUT2D eigenvalue weighted by atomic mass is 19.1. The molecule has 0 radical (unpaired) electrons. The molecule has 1 saturated heterocycles. The molecule has 2 aromatic rings. The molecule has 0 bridgehead atoms. The molecule has 0 unspecified atom stereocenters. The average molecular weight is 306 g/mol. The van der Waals surface area contributed by atoms with Gasteiger partial charge < -0.3 is 14.2 Å². The third-order valence-corrected chi connectivity index (χ3v) is 3.54. The van der Waals surface area contributed by atoms with Gasteiger partial charge in [0.2, 0.25) is 5.89 Å². The van der Waals surface area contributed by atoms with Gasteiger partial charge in [-0.25, -0.2) is 4.39 Å². The van der Waals surface area contributed by atoms with Crippen LogP contribution in [0.2, 0.25) is 0 Å². The number of halogens is 1. The van der Waals surface area contributed by atoms with E-state index in [1.165, 1.54) is 12.1 Å². The van der Waals surface area contributed by atoms with Gasteiger partial charge in [0.1, 0.15) is 17.7 Å². The van der Waals surface area contributed by atoms with Crippen LogP contribution in [0.25, 0.3) is 0 Å². The molecule has 1 aliphatic heterocycles. The molecule has 0 N–H and O–H groups in total. The van der Waals surface area contributed by atoms with E-state index in [0.29, 0.717) is 24.1 Å². The van der Waals surface area contributed by atoms with E-state index in [0.717, 1.165) is 19.5 Å². The van der Waals surface area contributed by atoms with Crippen LogP contribution in [-0.4, -0.2) is 48.3 Å². The van der Waals surface area contributed by atoms with Crippen LogP contribution in [0.4, 0.5) is 10.3 Å². The fourth-order valence-corrected chi connectivity index (χ4v) is 2.45. The zero-order valence-electron chi connectivity index (χ0n) is 12.7. The van der Waals surface area contributed by atoms with Crippen molar-refractivity contribution in [3.05, 3.63) is 36.0 Å². The third kappa shape index (κ3) is 3.54. The van der Waals surface area contributed by atoms with Gasteiger partial charge in [0.25, 0.3) is 5.95 Å². The lowest BCUT2D eigenvalue weighted by Crippen LogP contribution is -2.24. The SMILES string of the molecule is CN(C)c1noc(CN2CC[C@H](Oc3cccc(F)c3)C2)n1. The monoisotopic (exact) mass is 306 g/mol. The summed E-state index contributed by atoms with van der Waals surface area (Å²) in [6.07, 6.45) is 0.948. The highest BCUT2D eigenvalue weighted by Gasteiger charge is 2.25. The molecular weight excluding hydrogens is 287 g/mol. The number of hydrogen-bond acceptors (Lipinski definition) is 6. The lowest BCUT2D eigenvalue weighted by atomic mass is 10.3. The molecule has 3 rings (SSSR count). The third-order valence-electron chi connectivity index (χ3n) is 3.54. The van der Waals surface area contributed by atoms with Gasteiger partial charge in [0.15, 0.2) is 0 Å². The van der Waals surface area contributed by atoms with Crippen LogP contribution in [-0.2, 0) is 6.54 Å². The van der Waals surface area contributed by atoms with Crippen LogP contribution >= 0.6 is 0 Å². The maximum Gasteiger partial charge on any atom is 0.265 e. The summed E-state index contributed by atoms with van der Waals surface area (Å²) >= 11 is 0. The van der Waals surface area contributed by atoms with E-state index in [2.05, 4.69) is 15.0 Å². The Kier molecular flexibility index (Phi) is 4.24. The molecule has 1 aliphatic rings. The lowest BCUT2D eigenvalue weighted by molar-refractivity contribution is 0.190. The van der Waals surface area contributed by atoms with Crippen LogP contribution in [0.5, 0.6) is 5.75 Å². The first kappa shape index (κ1) is 14.8. The fraction of sp³-hybridized carbons (Fsp3) is 0.467. The number of likely N-dealkylation sites (tertiary alicyclic amines) is 1. The van der Waals surface area contributed by atoms with Crippen molar-refractivity contribution in [3.8, 4) is 5.75 Å². The first-order valence-corrected chi connectivity index (χ1v) is 7.24. The van der Waals surface area contributed by atoms with E-state index >= 15 is 0 Å². The van der Waals surface area contributed by atoms with Crippen molar-refractivity contribution in [2.75, 3.05) is 32.1 Å². The molecule has 0 amide bonds. The molecule has 1 aromatic heterocycles. The predicted molar refractivity (Wildman–Crippen MR) is 79.3 cm³/mol. The van der Waals surface area contributed by atoms with Gasteiger partial charge in [-0.1, -0.05) is 6.07 Å². The molecule has 0 saturated carbocycles. The van der Waals surface area contributed by atoms with E-state index in [1.807, 2.05) is 14.1 Å². The molecule has 0 aliphatic carbocycles. The minimum absolute atomic E-state index is 0.0537. The Morgan fingerprint density at radius 2 is 2.32 bits per heavy atom. The number of hydrogen-bond donors (Lipinski definition) is 0. The standard InChI is InChI=1S/C15H19FN4O2/c1-19(2)15-17-14(22-18-15)10-20-7-6-13(9-20)21-12-5-3-4-11(16)8-12/h3-5,8,13H,6-7,9-10H2,1-2H3/t13-/m0/s1. The van der Waals surface area contributed by atoms with E-state index in [4.69, 9.17) is 9.26 Å². The number of anilines is 1.